The summed E-state index contributed by atoms with van der Waals surface area (Å²) in [4.78, 5) is 13.9. The van der Waals surface area contributed by atoms with Crippen molar-refractivity contribution >= 4 is 5.97 Å². The lowest BCUT2D eigenvalue weighted by molar-refractivity contribution is 0.0600. The maximum absolute atomic E-state index is 11.0. The van der Waals surface area contributed by atoms with Gasteiger partial charge in [-0.2, -0.15) is 0 Å². The van der Waals surface area contributed by atoms with Gasteiger partial charge in [-0.25, -0.2) is 4.79 Å². The van der Waals surface area contributed by atoms with Crippen LogP contribution in [0.3, 0.4) is 0 Å². The number of hydrogen-bond acceptors (Lipinski definition) is 3. The summed E-state index contributed by atoms with van der Waals surface area (Å²) < 4.78 is 4.53. The summed E-state index contributed by atoms with van der Waals surface area (Å²) in [5.41, 5.74) is 1.81. The standard InChI is InChI=1S/C8H11NO3/c1-5-7(8(11)12-2)3-6(4-10)9-5/h3,9-10H,4H2,1-2H3. The maximum Gasteiger partial charge on any atom is 0.339 e. The molecule has 4 heteroatoms. The molecule has 1 rings (SSSR count). The highest BCUT2D eigenvalue weighted by Crippen LogP contribution is 2.10. The number of methoxy groups -OCH3 is 1. The van der Waals surface area contributed by atoms with Crippen molar-refractivity contribution in [1.29, 1.82) is 0 Å². The van der Waals surface area contributed by atoms with Crippen LogP contribution in [0, 0.1) is 6.92 Å². The fraction of sp³-hybridized carbons (Fsp3) is 0.375. The van der Waals surface area contributed by atoms with E-state index < -0.39 is 0 Å². The number of aryl methyl sites for hydroxylation is 1. The van der Waals surface area contributed by atoms with Crippen LogP contribution in [-0.4, -0.2) is 23.2 Å². The Morgan fingerprint density at radius 3 is 2.83 bits per heavy atom. The summed E-state index contributed by atoms with van der Waals surface area (Å²) in [6.07, 6.45) is 0. The minimum atomic E-state index is -0.386. The van der Waals surface area contributed by atoms with E-state index in [2.05, 4.69) is 9.72 Å². The predicted molar refractivity (Wildman–Crippen MR) is 42.8 cm³/mol. The molecule has 1 heterocycles. The van der Waals surface area contributed by atoms with Crippen molar-refractivity contribution in [2.24, 2.45) is 0 Å². The smallest absolute Gasteiger partial charge is 0.339 e. The maximum atomic E-state index is 11.0. The second-order valence-electron chi connectivity index (χ2n) is 2.48. The Labute approximate surface area is 70.2 Å². The molecular formula is C8H11NO3. The number of ether oxygens (including phenoxy) is 1. The number of aliphatic hydroxyl groups is 1. The molecule has 66 valence electrons. The Hall–Kier alpha value is -1.29. The lowest BCUT2D eigenvalue weighted by Gasteiger charge is -1.94. The monoisotopic (exact) mass is 169 g/mol. The van der Waals surface area contributed by atoms with Crippen molar-refractivity contribution in [2.45, 2.75) is 13.5 Å². The van der Waals surface area contributed by atoms with Gasteiger partial charge in [-0.15, -0.1) is 0 Å². The quantitative estimate of drug-likeness (QED) is 0.637. The van der Waals surface area contributed by atoms with E-state index in [0.29, 0.717) is 17.0 Å². The number of carbonyl (C=O) groups is 1. The van der Waals surface area contributed by atoms with Gasteiger partial charge in [-0.05, 0) is 13.0 Å². The molecule has 12 heavy (non-hydrogen) atoms. The van der Waals surface area contributed by atoms with Gasteiger partial charge in [0.25, 0.3) is 0 Å². The lowest BCUT2D eigenvalue weighted by atomic mass is 10.2. The van der Waals surface area contributed by atoms with Crippen molar-refractivity contribution < 1.29 is 14.6 Å². The predicted octanol–water partition coefficient (Wildman–Crippen LogP) is 0.602. The highest BCUT2D eigenvalue weighted by atomic mass is 16.5. The van der Waals surface area contributed by atoms with Crippen LogP contribution in [0.25, 0.3) is 0 Å². The number of rotatable bonds is 2. The second-order valence-corrected chi connectivity index (χ2v) is 2.48. The number of nitrogens with one attached hydrogen (secondary N) is 1. The van der Waals surface area contributed by atoms with Crippen LogP contribution in [0.2, 0.25) is 0 Å². The average Bonchev–Trinajstić information content (AvgIpc) is 2.45. The molecular weight excluding hydrogens is 158 g/mol. The highest BCUT2D eigenvalue weighted by Gasteiger charge is 2.11. The van der Waals surface area contributed by atoms with Crippen molar-refractivity contribution in [3.63, 3.8) is 0 Å². The van der Waals surface area contributed by atoms with Crippen molar-refractivity contribution in [3.8, 4) is 0 Å². The normalized spacial score (nSPS) is 9.92. The number of H-pyrrole nitrogens is 1. The average molecular weight is 169 g/mol. The van der Waals surface area contributed by atoms with Gasteiger partial charge in [0.15, 0.2) is 0 Å². The highest BCUT2D eigenvalue weighted by molar-refractivity contribution is 5.90. The number of hydrogen-bond donors (Lipinski definition) is 2. The number of aromatic amines is 1. The molecule has 0 atom stereocenters. The van der Waals surface area contributed by atoms with Gasteiger partial charge in [0, 0.05) is 11.4 Å². The summed E-state index contributed by atoms with van der Waals surface area (Å²) in [6.45, 7) is 1.66. The molecule has 2 N–H and O–H groups in total. The van der Waals surface area contributed by atoms with Gasteiger partial charge in [-0.1, -0.05) is 0 Å². The number of esters is 1. The molecule has 1 aromatic heterocycles. The molecule has 0 aromatic carbocycles. The van der Waals surface area contributed by atoms with E-state index in [1.807, 2.05) is 0 Å². The molecule has 1 aromatic rings. The fourth-order valence-corrected chi connectivity index (χ4v) is 1.03. The van der Waals surface area contributed by atoms with E-state index in [4.69, 9.17) is 5.11 Å². The Morgan fingerprint density at radius 2 is 2.42 bits per heavy atom. The Kier molecular flexibility index (Phi) is 2.50. The molecule has 0 saturated carbocycles. The van der Waals surface area contributed by atoms with Gasteiger partial charge >= 0.3 is 5.97 Å². The fourth-order valence-electron chi connectivity index (χ4n) is 1.03. The van der Waals surface area contributed by atoms with Crippen LogP contribution in [0.5, 0.6) is 0 Å². The molecule has 0 unspecified atom stereocenters. The van der Waals surface area contributed by atoms with Crippen LogP contribution in [0.15, 0.2) is 6.07 Å². The van der Waals surface area contributed by atoms with Crippen LogP contribution in [0.4, 0.5) is 0 Å². The van der Waals surface area contributed by atoms with Gasteiger partial charge in [0.1, 0.15) is 0 Å². The molecule has 0 spiro atoms. The molecule has 0 fully saturated rings. The molecule has 0 aliphatic heterocycles. The van der Waals surface area contributed by atoms with Crippen molar-refractivity contribution in [2.75, 3.05) is 7.11 Å². The van der Waals surface area contributed by atoms with Gasteiger partial charge in [0.05, 0.1) is 19.3 Å². The second kappa shape index (κ2) is 3.40. The number of carbonyl (C=O) groups excluding carboxylic acids is 1. The molecule has 0 amide bonds. The topological polar surface area (TPSA) is 62.3 Å². The lowest BCUT2D eigenvalue weighted by Crippen LogP contribution is -2.00. The molecule has 4 nitrogen and oxygen atoms in total. The van der Waals surface area contributed by atoms with Gasteiger partial charge in [0.2, 0.25) is 0 Å². The first-order chi connectivity index (χ1) is 5.69. The molecule has 0 aliphatic rings. The molecule has 0 saturated heterocycles. The minimum absolute atomic E-state index is 0.0994. The summed E-state index contributed by atoms with van der Waals surface area (Å²) in [5.74, 6) is -0.386. The Morgan fingerprint density at radius 1 is 1.75 bits per heavy atom. The summed E-state index contributed by atoms with van der Waals surface area (Å²) >= 11 is 0. The van der Waals surface area contributed by atoms with Crippen molar-refractivity contribution in [1.82, 2.24) is 4.98 Å². The molecule has 0 aliphatic carbocycles. The number of aromatic nitrogens is 1. The van der Waals surface area contributed by atoms with Crippen LogP contribution in [0.1, 0.15) is 21.7 Å². The summed E-state index contributed by atoms with van der Waals surface area (Å²) in [5, 5.41) is 8.75. The zero-order valence-corrected chi connectivity index (χ0v) is 7.05. The van der Waals surface area contributed by atoms with Crippen molar-refractivity contribution in [3.05, 3.63) is 23.0 Å². The number of aliphatic hydroxyl groups excluding tert-OH is 1. The van der Waals surface area contributed by atoms with E-state index in [1.165, 1.54) is 7.11 Å². The van der Waals surface area contributed by atoms with Crippen LogP contribution >= 0.6 is 0 Å². The summed E-state index contributed by atoms with van der Waals surface area (Å²) in [7, 11) is 1.33. The van der Waals surface area contributed by atoms with E-state index in [1.54, 1.807) is 13.0 Å². The summed E-state index contributed by atoms with van der Waals surface area (Å²) in [6, 6.07) is 1.58. The largest absolute Gasteiger partial charge is 0.465 e. The van der Waals surface area contributed by atoms with E-state index in [9.17, 15) is 4.79 Å². The first-order valence-electron chi connectivity index (χ1n) is 3.56. The minimum Gasteiger partial charge on any atom is -0.465 e. The van der Waals surface area contributed by atoms with E-state index in [0.717, 1.165) is 0 Å². The zero-order chi connectivity index (χ0) is 9.14. The van der Waals surface area contributed by atoms with Gasteiger partial charge < -0.3 is 14.8 Å². The molecule has 0 radical (unpaired) electrons. The first-order valence-corrected chi connectivity index (χ1v) is 3.56. The molecule has 0 bridgehead atoms. The third kappa shape index (κ3) is 1.48. The Balaban J connectivity index is 2.99. The van der Waals surface area contributed by atoms with Crippen LogP contribution in [-0.2, 0) is 11.3 Å². The third-order valence-electron chi connectivity index (χ3n) is 1.65. The van der Waals surface area contributed by atoms with Gasteiger partial charge in [-0.3, -0.25) is 0 Å². The van der Waals surface area contributed by atoms with E-state index >= 15 is 0 Å². The first kappa shape index (κ1) is 8.80. The SMILES string of the molecule is COC(=O)c1cc(CO)[nH]c1C. The third-order valence-corrected chi connectivity index (χ3v) is 1.65. The zero-order valence-electron chi connectivity index (χ0n) is 7.05. The van der Waals surface area contributed by atoms with Crippen LogP contribution < -0.4 is 0 Å². The Bertz CT molecular complexity index is 290. The van der Waals surface area contributed by atoms with E-state index in [-0.39, 0.29) is 12.6 Å².